The second-order valence-corrected chi connectivity index (χ2v) is 3.36. The Kier molecular flexibility index (Phi) is 2.93. The van der Waals surface area contributed by atoms with Crippen LogP contribution >= 0.6 is 11.8 Å². The van der Waals surface area contributed by atoms with Gasteiger partial charge in [0.2, 0.25) is 0 Å². The topological polar surface area (TPSA) is 23.8 Å². The van der Waals surface area contributed by atoms with Crippen LogP contribution in [0.2, 0.25) is 0 Å². The van der Waals surface area contributed by atoms with Crippen molar-refractivity contribution in [2.45, 2.75) is 25.7 Å². The number of nitrogens with zero attached hydrogens (tertiary/aromatic N) is 1. The average Bonchev–Trinajstić information content (AvgIpc) is 2.34. The molecule has 0 bridgehead atoms. The van der Waals surface area contributed by atoms with Crippen molar-refractivity contribution in [2.75, 3.05) is 5.75 Å². The lowest BCUT2D eigenvalue weighted by atomic mass is 10.1. The van der Waals surface area contributed by atoms with Crippen LogP contribution in [0, 0.1) is 16.6 Å². The van der Waals surface area contributed by atoms with Crippen LogP contribution in [0.5, 0.6) is 0 Å². The molecule has 1 rings (SSSR count). The van der Waals surface area contributed by atoms with E-state index in [1.165, 1.54) is 37.4 Å². The monoisotopic (exact) mass is 141 g/mol. The molecule has 1 aliphatic rings. The Morgan fingerprint density at radius 2 is 2.11 bits per heavy atom. The lowest BCUT2D eigenvalue weighted by Crippen LogP contribution is -1.94. The molecule has 2 heteroatoms. The number of nitriles is 1. The molecular weight excluding hydrogens is 130 g/mol. The van der Waals surface area contributed by atoms with Gasteiger partial charge in [-0.1, -0.05) is 12.8 Å². The van der Waals surface area contributed by atoms with E-state index in [2.05, 4.69) is 5.40 Å². The van der Waals surface area contributed by atoms with Crippen molar-refractivity contribution in [1.82, 2.24) is 0 Å². The fourth-order valence-corrected chi connectivity index (χ4v) is 1.98. The van der Waals surface area contributed by atoms with Crippen molar-refractivity contribution in [3.8, 4) is 5.40 Å². The third-order valence-electron chi connectivity index (χ3n) is 1.86. The number of hydrogen-bond acceptors (Lipinski definition) is 2. The molecule has 1 saturated carbocycles. The van der Waals surface area contributed by atoms with Gasteiger partial charge in [0.15, 0.2) is 0 Å². The third kappa shape index (κ3) is 2.28. The molecule has 0 aromatic carbocycles. The van der Waals surface area contributed by atoms with Crippen LogP contribution in [-0.2, 0) is 0 Å². The summed E-state index contributed by atoms with van der Waals surface area (Å²) in [4.78, 5) is 0. The molecule has 0 spiro atoms. The van der Waals surface area contributed by atoms with Crippen molar-refractivity contribution in [3.05, 3.63) is 0 Å². The zero-order valence-electron chi connectivity index (χ0n) is 5.47. The third-order valence-corrected chi connectivity index (χ3v) is 2.63. The molecule has 0 heterocycles. The summed E-state index contributed by atoms with van der Waals surface area (Å²) in [6, 6.07) is 0. The highest BCUT2D eigenvalue weighted by Gasteiger charge is 2.13. The van der Waals surface area contributed by atoms with Gasteiger partial charge in [0.1, 0.15) is 5.40 Å². The standard InChI is InChI=1S/C7H11NS/c8-6-9-5-7-3-1-2-4-7/h7H,1-5H2. The normalized spacial score (nSPS) is 19.9. The number of hydrogen-bond donors (Lipinski definition) is 0. The molecule has 50 valence electrons. The molecule has 0 aromatic heterocycles. The van der Waals surface area contributed by atoms with Crippen LogP contribution in [0.25, 0.3) is 0 Å². The van der Waals surface area contributed by atoms with Gasteiger partial charge in [-0.15, -0.1) is 0 Å². The molecule has 1 nitrogen and oxygen atoms in total. The molecule has 1 aliphatic carbocycles. The van der Waals surface area contributed by atoms with Crippen molar-refractivity contribution in [2.24, 2.45) is 5.92 Å². The van der Waals surface area contributed by atoms with E-state index in [4.69, 9.17) is 5.26 Å². The van der Waals surface area contributed by atoms with E-state index in [0.29, 0.717) is 0 Å². The highest BCUT2D eigenvalue weighted by atomic mass is 32.2. The molecule has 0 aromatic rings. The first-order chi connectivity index (χ1) is 4.43. The minimum Gasteiger partial charge on any atom is -0.185 e. The summed E-state index contributed by atoms with van der Waals surface area (Å²) in [6.07, 6.45) is 5.48. The summed E-state index contributed by atoms with van der Waals surface area (Å²) >= 11 is 1.41. The molecule has 0 radical (unpaired) electrons. The maximum Gasteiger partial charge on any atom is 0.133 e. The van der Waals surface area contributed by atoms with Gasteiger partial charge in [0.05, 0.1) is 0 Å². The maximum atomic E-state index is 8.24. The minimum absolute atomic E-state index is 0.856. The molecular formula is C7H11NS. The highest BCUT2D eigenvalue weighted by molar-refractivity contribution is 8.03. The predicted octanol–water partition coefficient (Wildman–Crippen LogP) is 2.39. The zero-order chi connectivity index (χ0) is 6.53. The van der Waals surface area contributed by atoms with E-state index in [1.807, 2.05) is 0 Å². The Hall–Kier alpha value is -0.160. The van der Waals surface area contributed by atoms with Crippen molar-refractivity contribution >= 4 is 11.8 Å². The lowest BCUT2D eigenvalue weighted by molar-refractivity contribution is 0.624. The zero-order valence-corrected chi connectivity index (χ0v) is 6.28. The van der Waals surface area contributed by atoms with E-state index < -0.39 is 0 Å². The van der Waals surface area contributed by atoms with E-state index in [9.17, 15) is 0 Å². The Labute approximate surface area is 60.4 Å². The van der Waals surface area contributed by atoms with Crippen LogP contribution in [0.3, 0.4) is 0 Å². The van der Waals surface area contributed by atoms with Crippen molar-refractivity contribution in [1.29, 1.82) is 5.26 Å². The van der Waals surface area contributed by atoms with Gasteiger partial charge in [0, 0.05) is 5.75 Å². The first-order valence-electron chi connectivity index (χ1n) is 3.44. The van der Waals surface area contributed by atoms with Crippen molar-refractivity contribution in [3.63, 3.8) is 0 Å². The molecule has 0 unspecified atom stereocenters. The predicted molar refractivity (Wildman–Crippen MR) is 40.0 cm³/mol. The fourth-order valence-electron chi connectivity index (χ4n) is 1.33. The number of thiocyanates is 1. The number of rotatable bonds is 2. The second-order valence-electron chi connectivity index (χ2n) is 2.55. The Bertz CT molecular complexity index is 111. The van der Waals surface area contributed by atoms with E-state index in [1.54, 1.807) is 0 Å². The van der Waals surface area contributed by atoms with E-state index in [-0.39, 0.29) is 0 Å². The molecule has 0 amide bonds. The van der Waals surface area contributed by atoms with Gasteiger partial charge in [0.25, 0.3) is 0 Å². The molecule has 1 fully saturated rings. The maximum absolute atomic E-state index is 8.24. The number of thioether (sulfide) groups is 1. The van der Waals surface area contributed by atoms with E-state index >= 15 is 0 Å². The summed E-state index contributed by atoms with van der Waals surface area (Å²) < 4.78 is 0. The molecule has 0 N–H and O–H groups in total. The van der Waals surface area contributed by atoms with Crippen LogP contribution in [0.15, 0.2) is 0 Å². The minimum atomic E-state index is 0.856. The van der Waals surface area contributed by atoms with Crippen molar-refractivity contribution < 1.29 is 0 Å². The first-order valence-corrected chi connectivity index (χ1v) is 4.43. The quantitative estimate of drug-likeness (QED) is 0.551. The van der Waals surface area contributed by atoms with Gasteiger partial charge in [-0.25, -0.2) is 0 Å². The Balaban J connectivity index is 2.06. The second kappa shape index (κ2) is 3.79. The van der Waals surface area contributed by atoms with Gasteiger partial charge < -0.3 is 0 Å². The van der Waals surface area contributed by atoms with Gasteiger partial charge >= 0.3 is 0 Å². The largest absolute Gasteiger partial charge is 0.185 e. The summed E-state index contributed by atoms with van der Waals surface area (Å²) in [6.45, 7) is 0. The van der Waals surface area contributed by atoms with Gasteiger partial charge in [-0.2, -0.15) is 5.26 Å². The van der Waals surface area contributed by atoms with Gasteiger partial charge in [-0.3, -0.25) is 0 Å². The summed E-state index contributed by atoms with van der Waals surface area (Å²) in [7, 11) is 0. The summed E-state index contributed by atoms with van der Waals surface area (Å²) in [5, 5.41) is 10.4. The molecule has 9 heavy (non-hydrogen) atoms. The molecule has 0 aliphatic heterocycles. The van der Waals surface area contributed by atoms with Crippen LogP contribution in [0.1, 0.15) is 25.7 Å². The first kappa shape index (κ1) is 6.95. The lowest BCUT2D eigenvalue weighted by Gasteiger charge is -2.01. The van der Waals surface area contributed by atoms with Gasteiger partial charge in [-0.05, 0) is 30.5 Å². The Morgan fingerprint density at radius 3 is 2.67 bits per heavy atom. The molecule has 0 atom stereocenters. The Morgan fingerprint density at radius 1 is 1.44 bits per heavy atom. The summed E-state index contributed by atoms with van der Waals surface area (Å²) in [5.74, 6) is 1.92. The van der Waals surface area contributed by atoms with Crippen LogP contribution in [-0.4, -0.2) is 5.75 Å². The average molecular weight is 141 g/mol. The van der Waals surface area contributed by atoms with E-state index in [0.717, 1.165) is 11.7 Å². The fraction of sp³-hybridized carbons (Fsp3) is 0.857. The highest BCUT2D eigenvalue weighted by Crippen LogP contribution is 2.27. The smallest absolute Gasteiger partial charge is 0.133 e. The summed E-state index contributed by atoms with van der Waals surface area (Å²) in [5.41, 5.74) is 0. The molecule has 0 saturated heterocycles. The SMILES string of the molecule is N#CSCC1CCCC1. The van der Waals surface area contributed by atoms with Crippen LogP contribution < -0.4 is 0 Å². The van der Waals surface area contributed by atoms with Crippen LogP contribution in [0.4, 0.5) is 0 Å².